The summed E-state index contributed by atoms with van der Waals surface area (Å²) < 4.78 is 0. The molecule has 4 heteroatoms. The fraction of sp³-hybridized carbons (Fsp3) is 0.200. The molecule has 0 fully saturated rings. The normalized spacial score (nSPS) is 10.3. The molecular formula is C15H17N3S. The second kappa shape index (κ2) is 5.36. The van der Waals surface area contributed by atoms with E-state index < -0.39 is 0 Å². The molecule has 0 saturated heterocycles. The SMILES string of the molecule is Cc1cc(C)cc(N(C)c2cccnc2C(N)=S)c1. The maximum Gasteiger partial charge on any atom is 0.124 e. The Balaban J connectivity index is 2.49. The third-order valence-corrected chi connectivity index (χ3v) is 3.17. The van der Waals surface area contributed by atoms with Gasteiger partial charge in [0.15, 0.2) is 0 Å². The van der Waals surface area contributed by atoms with E-state index in [1.807, 2.05) is 19.2 Å². The van der Waals surface area contributed by atoms with Gasteiger partial charge in [-0.1, -0.05) is 18.3 Å². The smallest absolute Gasteiger partial charge is 0.124 e. The molecule has 0 spiro atoms. The van der Waals surface area contributed by atoms with Gasteiger partial charge in [0, 0.05) is 18.9 Å². The Kier molecular flexibility index (Phi) is 3.81. The van der Waals surface area contributed by atoms with Crippen molar-refractivity contribution >= 4 is 28.6 Å². The minimum absolute atomic E-state index is 0.312. The zero-order valence-electron chi connectivity index (χ0n) is 11.3. The van der Waals surface area contributed by atoms with Gasteiger partial charge in [-0.15, -0.1) is 0 Å². The molecule has 0 radical (unpaired) electrons. The number of aryl methyl sites for hydroxylation is 2. The van der Waals surface area contributed by atoms with Gasteiger partial charge in [-0.3, -0.25) is 4.98 Å². The number of hydrogen-bond acceptors (Lipinski definition) is 3. The first-order valence-corrected chi connectivity index (χ1v) is 6.46. The number of aromatic nitrogens is 1. The Bertz CT molecular complexity index is 602. The van der Waals surface area contributed by atoms with Crippen LogP contribution in [-0.4, -0.2) is 17.0 Å². The summed E-state index contributed by atoms with van der Waals surface area (Å²) in [4.78, 5) is 6.63. The molecule has 1 heterocycles. The number of anilines is 2. The first-order chi connectivity index (χ1) is 8.99. The van der Waals surface area contributed by atoms with Crippen molar-refractivity contribution in [2.24, 2.45) is 5.73 Å². The highest BCUT2D eigenvalue weighted by molar-refractivity contribution is 7.80. The van der Waals surface area contributed by atoms with E-state index >= 15 is 0 Å². The lowest BCUT2D eigenvalue weighted by Gasteiger charge is -2.22. The molecule has 1 aromatic heterocycles. The molecule has 2 rings (SSSR count). The van der Waals surface area contributed by atoms with Crippen LogP contribution < -0.4 is 10.6 Å². The van der Waals surface area contributed by atoms with Crippen LogP contribution in [0, 0.1) is 13.8 Å². The Morgan fingerprint density at radius 2 is 1.84 bits per heavy atom. The molecule has 0 atom stereocenters. The van der Waals surface area contributed by atoms with Gasteiger partial charge in [0.25, 0.3) is 0 Å². The summed E-state index contributed by atoms with van der Waals surface area (Å²) in [5.41, 5.74) is 10.9. The Labute approximate surface area is 119 Å². The van der Waals surface area contributed by atoms with Gasteiger partial charge in [-0.2, -0.15) is 0 Å². The van der Waals surface area contributed by atoms with Gasteiger partial charge < -0.3 is 10.6 Å². The fourth-order valence-electron chi connectivity index (χ4n) is 2.14. The van der Waals surface area contributed by atoms with E-state index in [-0.39, 0.29) is 0 Å². The minimum atomic E-state index is 0.312. The first-order valence-electron chi connectivity index (χ1n) is 6.06. The quantitative estimate of drug-likeness (QED) is 0.871. The summed E-state index contributed by atoms with van der Waals surface area (Å²) in [6.45, 7) is 4.17. The fourth-order valence-corrected chi connectivity index (χ4v) is 2.30. The van der Waals surface area contributed by atoms with E-state index in [9.17, 15) is 0 Å². The number of nitrogens with zero attached hydrogens (tertiary/aromatic N) is 2. The Morgan fingerprint density at radius 1 is 1.21 bits per heavy atom. The molecule has 2 aromatic rings. The Hall–Kier alpha value is -1.94. The van der Waals surface area contributed by atoms with Crippen LogP contribution in [0.2, 0.25) is 0 Å². The molecule has 0 aliphatic carbocycles. The standard InChI is InChI=1S/C15H17N3S/c1-10-7-11(2)9-12(8-10)18(3)13-5-4-6-17-14(13)15(16)19/h4-9H,1-3H3,(H2,16,19). The molecule has 0 aliphatic heterocycles. The van der Waals surface area contributed by atoms with Crippen LogP contribution in [0.1, 0.15) is 16.8 Å². The predicted octanol–water partition coefficient (Wildman–Crippen LogP) is 3.10. The molecule has 0 saturated carbocycles. The summed E-state index contributed by atoms with van der Waals surface area (Å²) in [6.07, 6.45) is 1.70. The summed E-state index contributed by atoms with van der Waals surface area (Å²) in [5, 5.41) is 0. The van der Waals surface area contributed by atoms with Gasteiger partial charge in [-0.25, -0.2) is 0 Å². The van der Waals surface area contributed by atoms with E-state index in [0.29, 0.717) is 10.7 Å². The highest BCUT2D eigenvalue weighted by atomic mass is 32.1. The van der Waals surface area contributed by atoms with Crippen molar-refractivity contribution in [3.05, 3.63) is 53.3 Å². The Morgan fingerprint density at radius 3 is 2.42 bits per heavy atom. The summed E-state index contributed by atoms with van der Waals surface area (Å²) >= 11 is 5.06. The number of pyridine rings is 1. The molecule has 1 aromatic carbocycles. The molecule has 0 amide bonds. The van der Waals surface area contributed by atoms with E-state index in [1.165, 1.54) is 11.1 Å². The first kappa shape index (κ1) is 13.5. The number of thiocarbonyl (C=S) groups is 1. The third-order valence-electron chi connectivity index (χ3n) is 2.97. The topological polar surface area (TPSA) is 42.2 Å². The summed E-state index contributed by atoms with van der Waals surface area (Å²) in [5.74, 6) is 0. The number of benzene rings is 1. The second-order valence-corrected chi connectivity index (χ2v) is 5.08. The lowest BCUT2D eigenvalue weighted by atomic mass is 10.1. The number of nitrogens with two attached hydrogens (primary N) is 1. The van der Waals surface area contributed by atoms with Crippen LogP contribution in [0.25, 0.3) is 0 Å². The van der Waals surface area contributed by atoms with Crippen LogP contribution in [0.5, 0.6) is 0 Å². The molecule has 98 valence electrons. The van der Waals surface area contributed by atoms with Gasteiger partial charge in [0.1, 0.15) is 10.7 Å². The van der Waals surface area contributed by atoms with Crippen molar-refractivity contribution in [3.63, 3.8) is 0 Å². The molecule has 0 aliphatic rings. The predicted molar refractivity (Wildman–Crippen MR) is 84.1 cm³/mol. The monoisotopic (exact) mass is 271 g/mol. The third kappa shape index (κ3) is 2.90. The highest BCUT2D eigenvalue weighted by Gasteiger charge is 2.12. The van der Waals surface area contributed by atoms with E-state index in [0.717, 1.165) is 11.4 Å². The van der Waals surface area contributed by atoms with Crippen molar-refractivity contribution in [1.82, 2.24) is 4.98 Å². The zero-order valence-corrected chi connectivity index (χ0v) is 12.2. The second-order valence-electron chi connectivity index (χ2n) is 4.64. The highest BCUT2D eigenvalue weighted by Crippen LogP contribution is 2.27. The average molecular weight is 271 g/mol. The molecule has 19 heavy (non-hydrogen) atoms. The van der Waals surface area contributed by atoms with Crippen LogP contribution in [0.3, 0.4) is 0 Å². The molecule has 3 nitrogen and oxygen atoms in total. The van der Waals surface area contributed by atoms with E-state index in [1.54, 1.807) is 6.20 Å². The van der Waals surface area contributed by atoms with Crippen molar-refractivity contribution in [2.75, 3.05) is 11.9 Å². The average Bonchev–Trinajstić information content (AvgIpc) is 2.36. The molecule has 2 N–H and O–H groups in total. The largest absolute Gasteiger partial charge is 0.388 e. The summed E-state index contributed by atoms with van der Waals surface area (Å²) in [6, 6.07) is 10.3. The van der Waals surface area contributed by atoms with Crippen LogP contribution in [-0.2, 0) is 0 Å². The van der Waals surface area contributed by atoms with Crippen LogP contribution >= 0.6 is 12.2 Å². The van der Waals surface area contributed by atoms with Crippen LogP contribution in [0.4, 0.5) is 11.4 Å². The maximum atomic E-state index is 5.73. The van der Waals surface area contributed by atoms with E-state index in [4.69, 9.17) is 18.0 Å². The van der Waals surface area contributed by atoms with Gasteiger partial charge in [0.2, 0.25) is 0 Å². The van der Waals surface area contributed by atoms with Crippen molar-refractivity contribution in [2.45, 2.75) is 13.8 Å². The van der Waals surface area contributed by atoms with Crippen molar-refractivity contribution in [1.29, 1.82) is 0 Å². The van der Waals surface area contributed by atoms with Crippen LogP contribution in [0.15, 0.2) is 36.5 Å². The molecular weight excluding hydrogens is 254 g/mol. The van der Waals surface area contributed by atoms with Gasteiger partial charge in [-0.05, 0) is 49.2 Å². The van der Waals surface area contributed by atoms with Gasteiger partial charge >= 0.3 is 0 Å². The van der Waals surface area contributed by atoms with E-state index in [2.05, 4.69) is 41.9 Å². The van der Waals surface area contributed by atoms with Crippen molar-refractivity contribution in [3.8, 4) is 0 Å². The molecule has 0 bridgehead atoms. The van der Waals surface area contributed by atoms with Crippen molar-refractivity contribution < 1.29 is 0 Å². The lowest BCUT2D eigenvalue weighted by Crippen LogP contribution is -2.19. The summed E-state index contributed by atoms with van der Waals surface area (Å²) in [7, 11) is 1.99. The lowest BCUT2D eigenvalue weighted by molar-refractivity contribution is 1.15. The molecule has 0 unspecified atom stereocenters. The number of rotatable bonds is 3. The zero-order chi connectivity index (χ0) is 14.0. The maximum absolute atomic E-state index is 5.73. The minimum Gasteiger partial charge on any atom is -0.388 e. The number of hydrogen-bond donors (Lipinski definition) is 1. The van der Waals surface area contributed by atoms with Gasteiger partial charge in [0.05, 0.1) is 5.69 Å².